The Balaban J connectivity index is 1.80. The molecule has 7 N–H and O–H groups in total. The number of ether oxygens (including phenoxy) is 2. The van der Waals surface area contributed by atoms with Crippen molar-refractivity contribution >= 4 is 17.2 Å². The predicted molar refractivity (Wildman–Crippen MR) is 133 cm³/mol. The number of benzene rings is 2. The molecule has 0 fully saturated rings. The first kappa shape index (κ1) is 23.4. The highest BCUT2D eigenvalue weighted by atomic mass is 16.5. The molecule has 0 radical (unpaired) electrons. The molecular weight excluding hydrogens is 448 g/mol. The fraction of sp³-hybridized carbons (Fsp3) is 0.167. The van der Waals surface area contributed by atoms with Gasteiger partial charge < -0.3 is 26.3 Å². The molecule has 0 bridgehead atoms. The molecule has 1 atom stereocenters. The Morgan fingerprint density at radius 3 is 2.63 bits per heavy atom. The third-order valence-corrected chi connectivity index (χ3v) is 5.25. The summed E-state index contributed by atoms with van der Waals surface area (Å²) in [6.07, 6.45) is 1.54. The smallest absolute Gasteiger partial charge is 0.349 e. The number of anilines is 2. The van der Waals surface area contributed by atoms with Crippen LogP contribution < -0.4 is 31.9 Å². The largest absolute Gasteiger partial charge is 0.493 e. The molecule has 2 heterocycles. The van der Waals surface area contributed by atoms with Gasteiger partial charge in [-0.1, -0.05) is 6.07 Å². The van der Waals surface area contributed by atoms with Gasteiger partial charge in [-0.05, 0) is 61.0 Å². The Labute approximate surface area is 201 Å². The number of nitrogen functional groups attached to an aromatic ring is 2. The van der Waals surface area contributed by atoms with Gasteiger partial charge in [0.15, 0.2) is 23.1 Å². The van der Waals surface area contributed by atoms with E-state index in [1.54, 1.807) is 49.6 Å². The van der Waals surface area contributed by atoms with Gasteiger partial charge >= 0.3 is 5.69 Å². The molecule has 11 heteroatoms. The molecule has 0 saturated carbocycles. The van der Waals surface area contributed by atoms with Crippen molar-refractivity contribution in [3.63, 3.8) is 0 Å². The highest BCUT2D eigenvalue weighted by Gasteiger charge is 2.23. The van der Waals surface area contributed by atoms with Gasteiger partial charge in [-0.25, -0.2) is 9.78 Å². The van der Waals surface area contributed by atoms with Gasteiger partial charge in [0, 0.05) is 17.4 Å². The Hall–Kier alpha value is -4.80. The monoisotopic (exact) mass is 474 g/mol. The van der Waals surface area contributed by atoms with Crippen LogP contribution in [0.1, 0.15) is 29.9 Å². The number of methoxy groups -OCH3 is 1. The van der Waals surface area contributed by atoms with Gasteiger partial charge in [0.25, 0.3) is 0 Å². The molecule has 0 aliphatic heterocycles. The molecule has 0 amide bonds. The number of hydrogen-bond donors (Lipinski definition) is 5. The lowest BCUT2D eigenvalue weighted by atomic mass is 10.0. The lowest BCUT2D eigenvalue weighted by Gasteiger charge is -2.20. The van der Waals surface area contributed by atoms with Crippen molar-refractivity contribution in [1.82, 2.24) is 19.7 Å². The van der Waals surface area contributed by atoms with E-state index in [1.165, 1.54) is 6.20 Å². The second kappa shape index (κ2) is 10.00. The van der Waals surface area contributed by atoms with Gasteiger partial charge in [-0.3, -0.25) is 10.4 Å². The van der Waals surface area contributed by atoms with Crippen molar-refractivity contribution in [2.75, 3.05) is 24.8 Å². The molecule has 180 valence electrons. The highest BCUT2D eigenvalue weighted by molar-refractivity contribution is 5.95. The van der Waals surface area contributed by atoms with Crippen LogP contribution in [0.3, 0.4) is 0 Å². The lowest BCUT2D eigenvalue weighted by molar-refractivity contribution is 0.310. The predicted octanol–water partition coefficient (Wildman–Crippen LogP) is 2.43. The van der Waals surface area contributed by atoms with E-state index in [0.717, 1.165) is 15.9 Å². The number of H-pyrrole nitrogens is 1. The molecule has 11 nitrogen and oxygen atoms in total. The topological polar surface area (TPSA) is 170 Å². The molecule has 0 spiro atoms. The fourth-order valence-electron chi connectivity index (χ4n) is 3.56. The van der Waals surface area contributed by atoms with E-state index in [0.29, 0.717) is 35.2 Å². The molecule has 35 heavy (non-hydrogen) atoms. The maximum atomic E-state index is 12.8. The normalized spacial score (nSPS) is 11.6. The average Bonchev–Trinajstić information content (AvgIpc) is 3.24. The molecule has 2 aromatic heterocycles. The summed E-state index contributed by atoms with van der Waals surface area (Å²) in [6.45, 7) is 2.34. The summed E-state index contributed by atoms with van der Waals surface area (Å²) in [5, 5.41) is 15.5. The van der Waals surface area contributed by atoms with E-state index in [9.17, 15) is 4.79 Å². The van der Waals surface area contributed by atoms with E-state index >= 15 is 0 Å². The minimum absolute atomic E-state index is 0.0272. The van der Waals surface area contributed by atoms with E-state index in [4.69, 9.17) is 26.4 Å². The zero-order valence-electron chi connectivity index (χ0n) is 19.3. The Kier molecular flexibility index (Phi) is 6.67. The van der Waals surface area contributed by atoms with Crippen LogP contribution in [0.2, 0.25) is 0 Å². The first-order chi connectivity index (χ1) is 16.9. The number of rotatable bonds is 9. The van der Waals surface area contributed by atoms with Crippen LogP contribution in [0.15, 0.2) is 65.6 Å². The summed E-state index contributed by atoms with van der Waals surface area (Å²) in [5.74, 6) is 1.68. The molecular formula is C24H26N8O3. The van der Waals surface area contributed by atoms with Crippen LogP contribution in [0.5, 0.6) is 11.5 Å². The molecule has 4 aromatic rings. The molecule has 0 aliphatic rings. The summed E-state index contributed by atoms with van der Waals surface area (Å²) in [7, 11) is 1.57. The number of amidine groups is 1. The number of aromatic amines is 1. The minimum atomic E-state index is -0.581. The van der Waals surface area contributed by atoms with Gasteiger partial charge in [0.1, 0.15) is 11.9 Å². The first-order valence-electron chi connectivity index (χ1n) is 10.8. The van der Waals surface area contributed by atoms with E-state index < -0.39 is 11.7 Å². The van der Waals surface area contributed by atoms with Gasteiger partial charge in [0.2, 0.25) is 0 Å². The summed E-state index contributed by atoms with van der Waals surface area (Å²) >= 11 is 0. The van der Waals surface area contributed by atoms with Crippen molar-refractivity contribution in [1.29, 1.82) is 5.41 Å². The SMILES string of the molecule is CCOc1cc(C(Nc2ccc(C(=N)N)cc2)c2nn(-c3ncccc3N)c(=O)[nH]2)ccc1OC. The van der Waals surface area contributed by atoms with Crippen LogP contribution in [0, 0.1) is 5.41 Å². The first-order valence-corrected chi connectivity index (χ1v) is 10.8. The highest BCUT2D eigenvalue weighted by Crippen LogP contribution is 2.33. The van der Waals surface area contributed by atoms with Gasteiger partial charge in [-0.15, -0.1) is 5.10 Å². The van der Waals surface area contributed by atoms with Crippen LogP contribution in [0.25, 0.3) is 5.82 Å². The summed E-state index contributed by atoms with van der Waals surface area (Å²) < 4.78 is 12.3. The number of nitrogens with one attached hydrogen (secondary N) is 3. The summed E-state index contributed by atoms with van der Waals surface area (Å²) in [5.41, 5.74) is 13.5. The number of hydrogen-bond acceptors (Lipinski definition) is 8. The third kappa shape index (κ3) is 4.93. The van der Waals surface area contributed by atoms with Crippen molar-refractivity contribution in [2.24, 2.45) is 5.73 Å². The molecule has 4 rings (SSSR count). The molecule has 1 unspecified atom stereocenters. The van der Waals surface area contributed by atoms with Crippen LogP contribution in [0.4, 0.5) is 11.4 Å². The second-order valence-corrected chi connectivity index (χ2v) is 7.56. The number of nitrogens with zero attached hydrogens (tertiary/aromatic N) is 3. The Morgan fingerprint density at radius 1 is 1.20 bits per heavy atom. The van der Waals surface area contributed by atoms with Crippen molar-refractivity contribution < 1.29 is 9.47 Å². The van der Waals surface area contributed by atoms with Crippen LogP contribution >= 0.6 is 0 Å². The maximum Gasteiger partial charge on any atom is 0.349 e. The molecule has 0 aliphatic carbocycles. The standard InChI is InChI=1S/C24H26N8O3/c1-3-35-19-13-15(8-11-18(19)34-2)20(29-16-9-6-14(7-10-16)21(26)27)22-30-24(33)32(31-22)23-17(25)5-4-12-28-23/h4-13,20,29H,3,25H2,1-2H3,(H3,26,27)(H,30,31,33). The van der Waals surface area contributed by atoms with Crippen molar-refractivity contribution in [3.8, 4) is 17.3 Å². The van der Waals surface area contributed by atoms with E-state index in [2.05, 4.69) is 20.4 Å². The lowest BCUT2D eigenvalue weighted by Crippen LogP contribution is -2.18. The Bertz CT molecular complexity index is 1390. The minimum Gasteiger partial charge on any atom is -0.493 e. The van der Waals surface area contributed by atoms with Crippen LogP contribution in [-0.2, 0) is 0 Å². The van der Waals surface area contributed by atoms with E-state index in [1.807, 2.05) is 19.1 Å². The number of nitrogens with two attached hydrogens (primary N) is 2. The third-order valence-electron chi connectivity index (χ3n) is 5.25. The summed E-state index contributed by atoms with van der Waals surface area (Å²) in [4.78, 5) is 19.8. The molecule has 0 saturated heterocycles. The Morgan fingerprint density at radius 2 is 1.97 bits per heavy atom. The quantitative estimate of drug-likeness (QED) is 0.182. The fourth-order valence-corrected chi connectivity index (χ4v) is 3.56. The van der Waals surface area contributed by atoms with Gasteiger partial charge in [-0.2, -0.15) is 4.68 Å². The van der Waals surface area contributed by atoms with E-state index in [-0.39, 0.29) is 11.7 Å². The zero-order chi connectivity index (χ0) is 24.9. The van der Waals surface area contributed by atoms with Crippen molar-refractivity contribution in [3.05, 3.63) is 88.2 Å². The summed E-state index contributed by atoms with van der Waals surface area (Å²) in [6, 6.07) is 15.3. The van der Waals surface area contributed by atoms with Crippen molar-refractivity contribution in [2.45, 2.75) is 13.0 Å². The average molecular weight is 475 g/mol. The number of aromatic nitrogens is 4. The zero-order valence-corrected chi connectivity index (χ0v) is 19.3. The number of pyridine rings is 1. The molecule has 2 aromatic carbocycles. The second-order valence-electron chi connectivity index (χ2n) is 7.56. The maximum absolute atomic E-state index is 12.8. The van der Waals surface area contributed by atoms with Gasteiger partial charge in [0.05, 0.1) is 19.4 Å². The van der Waals surface area contributed by atoms with Crippen LogP contribution in [-0.4, -0.2) is 39.3 Å².